The summed E-state index contributed by atoms with van der Waals surface area (Å²) in [6, 6.07) is 15.4. The molecule has 0 aromatic carbocycles. The van der Waals surface area contributed by atoms with Gasteiger partial charge >= 0.3 is 0 Å². The van der Waals surface area contributed by atoms with Crippen LogP contribution < -0.4 is 31.6 Å². The van der Waals surface area contributed by atoms with E-state index in [2.05, 4.69) is 44.2 Å². The molecule has 14 nitrogen and oxygen atoms in total. The van der Waals surface area contributed by atoms with Crippen LogP contribution in [-0.2, 0) is 0 Å². The Hall–Kier alpha value is -5.80. The van der Waals surface area contributed by atoms with Gasteiger partial charge in [0, 0.05) is 112 Å². The van der Waals surface area contributed by atoms with E-state index >= 15 is 0 Å². The number of aryl methyl sites for hydroxylation is 2. The minimum absolute atomic E-state index is 0.118. The Morgan fingerprint density at radius 3 is 1.43 bits per heavy atom. The molecule has 0 unspecified atom stereocenters. The van der Waals surface area contributed by atoms with Crippen molar-refractivity contribution >= 4 is 57.2 Å². The van der Waals surface area contributed by atoms with Gasteiger partial charge in [-0.15, -0.1) is 0 Å². The molecule has 0 radical (unpaired) electrons. The van der Waals surface area contributed by atoms with Crippen molar-refractivity contribution in [3.05, 3.63) is 128 Å². The zero-order valence-electron chi connectivity index (χ0n) is 32.5. The van der Waals surface area contributed by atoms with Crippen molar-refractivity contribution in [2.75, 3.05) is 49.1 Å². The zero-order valence-corrected chi connectivity index (χ0v) is 34.0. The van der Waals surface area contributed by atoms with Crippen LogP contribution in [-0.4, -0.2) is 88.9 Å². The standard InChI is InChI=1S/2C21H21ClN6O/c2*1-13-9-26(6-5-23-13)16-3-4-19-25-18(8-20(29)28(19)12-16)15-7-17(22)21-24-14(2)10-27(21)11-15/h2*3-4,7-8,10-13,23H,5-6,9H2,1-2H3/t2*13-/m10/s1. The van der Waals surface area contributed by atoms with Gasteiger partial charge in [0.05, 0.1) is 44.2 Å². The lowest BCUT2D eigenvalue weighted by Gasteiger charge is -2.33. The van der Waals surface area contributed by atoms with Crippen molar-refractivity contribution in [2.45, 2.75) is 39.8 Å². The van der Waals surface area contributed by atoms with Gasteiger partial charge in [-0.25, -0.2) is 19.9 Å². The van der Waals surface area contributed by atoms with Crippen LogP contribution in [0.4, 0.5) is 11.4 Å². The Labute approximate surface area is 343 Å². The van der Waals surface area contributed by atoms with E-state index in [1.54, 1.807) is 33.1 Å². The van der Waals surface area contributed by atoms with Crippen LogP contribution in [0.25, 0.3) is 45.1 Å². The first kappa shape index (κ1) is 37.8. The molecule has 0 aliphatic carbocycles. The third-order valence-corrected chi connectivity index (χ3v) is 11.2. The fraction of sp³-hybridized carbons (Fsp3) is 0.286. The number of anilines is 2. The molecule has 8 aromatic heterocycles. The van der Waals surface area contributed by atoms with Crippen LogP contribution in [0, 0.1) is 13.8 Å². The molecular formula is C42H42Cl2N12O2. The average molecular weight is 818 g/mol. The second-order valence-corrected chi connectivity index (χ2v) is 16.0. The van der Waals surface area contributed by atoms with Crippen molar-refractivity contribution in [1.82, 2.24) is 48.2 Å². The molecule has 0 bridgehead atoms. The van der Waals surface area contributed by atoms with Gasteiger partial charge in [-0.2, -0.15) is 0 Å². The molecule has 0 spiro atoms. The van der Waals surface area contributed by atoms with Gasteiger partial charge in [0.1, 0.15) is 11.3 Å². The summed E-state index contributed by atoms with van der Waals surface area (Å²) in [7, 11) is 0. The molecule has 58 heavy (non-hydrogen) atoms. The van der Waals surface area contributed by atoms with Crippen molar-refractivity contribution in [3.8, 4) is 22.5 Å². The smallest absolute Gasteiger partial charge is 0.258 e. The van der Waals surface area contributed by atoms with Crippen molar-refractivity contribution in [2.24, 2.45) is 0 Å². The van der Waals surface area contributed by atoms with E-state index in [9.17, 15) is 9.59 Å². The summed E-state index contributed by atoms with van der Waals surface area (Å²) in [6.45, 7) is 13.7. The molecule has 0 amide bonds. The van der Waals surface area contributed by atoms with Gasteiger partial charge in [-0.1, -0.05) is 23.2 Å². The summed E-state index contributed by atoms with van der Waals surface area (Å²) < 4.78 is 6.94. The quantitative estimate of drug-likeness (QED) is 0.234. The molecule has 0 saturated carbocycles. The highest BCUT2D eigenvalue weighted by molar-refractivity contribution is 6.34. The highest BCUT2D eigenvalue weighted by Crippen LogP contribution is 2.27. The first-order chi connectivity index (χ1) is 27.9. The fourth-order valence-corrected chi connectivity index (χ4v) is 8.34. The van der Waals surface area contributed by atoms with Crippen LogP contribution in [0.15, 0.2) is 95.3 Å². The van der Waals surface area contributed by atoms with Gasteiger partial charge in [0.15, 0.2) is 11.3 Å². The number of rotatable bonds is 4. The number of fused-ring (bicyclic) bond motifs is 4. The van der Waals surface area contributed by atoms with Crippen LogP contribution in [0.1, 0.15) is 25.2 Å². The predicted octanol–water partition coefficient (Wildman–Crippen LogP) is 5.54. The van der Waals surface area contributed by atoms with Crippen molar-refractivity contribution in [3.63, 3.8) is 0 Å². The molecule has 2 aliphatic rings. The Balaban J connectivity index is 0.000000150. The lowest BCUT2D eigenvalue weighted by atomic mass is 10.2. The van der Waals surface area contributed by atoms with E-state index in [-0.39, 0.29) is 11.1 Å². The summed E-state index contributed by atoms with van der Waals surface area (Å²) >= 11 is 12.8. The Bertz CT molecular complexity index is 2790. The van der Waals surface area contributed by atoms with Crippen LogP contribution in [0.5, 0.6) is 0 Å². The number of hydrogen-bond acceptors (Lipinski definition) is 10. The summed E-state index contributed by atoms with van der Waals surface area (Å²) in [6.07, 6.45) is 11.4. The van der Waals surface area contributed by atoms with E-state index in [1.165, 1.54) is 0 Å². The summed E-state index contributed by atoms with van der Waals surface area (Å²) in [4.78, 5) is 48.5. The Morgan fingerprint density at radius 2 is 1.02 bits per heavy atom. The van der Waals surface area contributed by atoms with Gasteiger partial charge in [-0.05, 0) is 64.1 Å². The number of hydrogen-bond donors (Lipinski definition) is 2. The van der Waals surface area contributed by atoms with E-state index in [1.807, 2.05) is 84.1 Å². The molecule has 2 atom stereocenters. The maximum absolute atomic E-state index is 12.9. The minimum Gasteiger partial charge on any atom is -0.368 e. The Morgan fingerprint density at radius 1 is 0.586 bits per heavy atom. The first-order valence-corrected chi connectivity index (χ1v) is 20.1. The van der Waals surface area contributed by atoms with Crippen LogP contribution >= 0.6 is 23.2 Å². The first-order valence-electron chi connectivity index (χ1n) is 19.3. The van der Waals surface area contributed by atoms with Crippen molar-refractivity contribution < 1.29 is 0 Å². The summed E-state index contributed by atoms with van der Waals surface area (Å²) in [5.74, 6) is 0. The average Bonchev–Trinajstić information content (AvgIpc) is 3.79. The van der Waals surface area contributed by atoms with Gasteiger partial charge in [-0.3, -0.25) is 18.4 Å². The minimum atomic E-state index is -0.118. The molecule has 10 heterocycles. The Kier molecular flexibility index (Phi) is 9.88. The summed E-state index contributed by atoms with van der Waals surface area (Å²) in [5, 5.41) is 7.93. The fourth-order valence-electron chi connectivity index (χ4n) is 7.83. The molecule has 10 rings (SSSR count). The summed E-state index contributed by atoms with van der Waals surface area (Å²) in [5.41, 5.74) is 8.93. The largest absolute Gasteiger partial charge is 0.368 e. The van der Waals surface area contributed by atoms with Crippen LogP contribution in [0.3, 0.4) is 0 Å². The topological polar surface area (TPSA) is 134 Å². The maximum atomic E-state index is 12.9. The van der Waals surface area contributed by atoms with E-state index < -0.39 is 0 Å². The molecule has 2 saturated heterocycles. The van der Waals surface area contributed by atoms with Crippen LogP contribution in [0.2, 0.25) is 10.0 Å². The maximum Gasteiger partial charge on any atom is 0.258 e. The molecule has 2 fully saturated rings. The second kappa shape index (κ2) is 15.2. The molecule has 2 aliphatic heterocycles. The van der Waals surface area contributed by atoms with Gasteiger partial charge < -0.3 is 29.2 Å². The lowest BCUT2D eigenvalue weighted by molar-refractivity contribution is 0.484. The normalized spacial score (nSPS) is 17.3. The third kappa shape index (κ3) is 7.39. The second-order valence-electron chi connectivity index (χ2n) is 15.2. The highest BCUT2D eigenvalue weighted by Gasteiger charge is 2.19. The zero-order chi connectivity index (χ0) is 40.2. The monoisotopic (exact) mass is 816 g/mol. The van der Waals surface area contributed by atoms with Gasteiger partial charge in [0.2, 0.25) is 0 Å². The SMILES string of the molecule is Cc1cn2cc(-c3cc(=O)n4cc(N5CCN[C@@H](C)C5)ccc4n3)cc(Cl)c2n1.Cc1cn2cc(-c3cc(=O)n4cc(N5CCN[C@H](C)C5)ccc4n3)cc(Cl)c2n1. The van der Waals surface area contributed by atoms with E-state index in [0.717, 1.165) is 73.2 Å². The number of nitrogens with one attached hydrogen (secondary N) is 2. The van der Waals surface area contributed by atoms with Crippen molar-refractivity contribution in [1.29, 1.82) is 0 Å². The lowest BCUT2D eigenvalue weighted by Crippen LogP contribution is -2.49. The predicted molar refractivity (Wildman–Crippen MR) is 230 cm³/mol. The number of halogens is 2. The molecule has 16 heteroatoms. The third-order valence-electron chi connectivity index (χ3n) is 10.6. The number of piperazine rings is 2. The van der Waals surface area contributed by atoms with Gasteiger partial charge in [0.25, 0.3) is 11.1 Å². The number of nitrogens with zero attached hydrogens (tertiary/aromatic N) is 10. The van der Waals surface area contributed by atoms with E-state index in [0.29, 0.717) is 56.1 Å². The number of pyridine rings is 4. The molecular weight excluding hydrogens is 775 g/mol. The number of imidazole rings is 2. The number of aromatic nitrogens is 8. The molecule has 296 valence electrons. The van der Waals surface area contributed by atoms with E-state index in [4.69, 9.17) is 33.2 Å². The molecule has 8 aromatic rings. The highest BCUT2D eigenvalue weighted by atomic mass is 35.5. The molecule has 2 N–H and O–H groups in total.